The quantitative estimate of drug-likeness (QED) is 0.595. The van der Waals surface area contributed by atoms with Gasteiger partial charge < -0.3 is 15.3 Å². The average molecular weight is 182 g/mol. The lowest BCUT2D eigenvalue weighted by Crippen LogP contribution is -2.35. The average Bonchev–Trinajstić information content (AvgIpc) is 2.18. The molecule has 0 saturated carbocycles. The highest BCUT2D eigenvalue weighted by Crippen LogP contribution is 2.25. The summed E-state index contributed by atoms with van der Waals surface area (Å²) in [5.74, 6) is -2.55. The summed E-state index contributed by atoms with van der Waals surface area (Å²) >= 11 is 0. The molecule has 0 radical (unpaired) electrons. The van der Waals surface area contributed by atoms with E-state index in [1.165, 1.54) is 0 Å². The zero-order valence-corrected chi connectivity index (χ0v) is 7.51. The molecule has 1 aromatic carbocycles. The van der Waals surface area contributed by atoms with E-state index in [2.05, 4.69) is 0 Å². The number of benzene rings is 1. The van der Waals surface area contributed by atoms with Crippen molar-refractivity contribution in [2.45, 2.75) is 12.7 Å². The molecular formula is C10H14O3. The zero-order valence-electron chi connectivity index (χ0n) is 7.51. The van der Waals surface area contributed by atoms with E-state index in [1.54, 1.807) is 37.3 Å². The molecular weight excluding hydrogens is 168 g/mol. The standard InChI is InChI=1S/C10H14O3/c1-8(7-11)10(12,13)9-5-3-2-4-6-9/h2-6,8,11-13H,7H2,1H3. The summed E-state index contributed by atoms with van der Waals surface area (Å²) in [6.45, 7) is 1.31. The van der Waals surface area contributed by atoms with Gasteiger partial charge in [0.05, 0.1) is 6.61 Å². The summed E-state index contributed by atoms with van der Waals surface area (Å²) in [4.78, 5) is 0. The van der Waals surface area contributed by atoms with Crippen LogP contribution < -0.4 is 0 Å². The first kappa shape index (κ1) is 10.2. The number of rotatable bonds is 3. The largest absolute Gasteiger partial charge is 0.396 e. The molecule has 0 amide bonds. The van der Waals surface area contributed by atoms with Crippen molar-refractivity contribution in [3.63, 3.8) is 0 Å². The first-order valence-corrected chi connectivity index (χ1v) is 4.20. The summed E-state index contributed by atoms with van der Waals surface area (Å²) in [6.07, 6.45) is 0. The Bertz CT molecular complexity index is 256. The molecule has 1 atom stereocenters. The molecule has 1 unspecified atom stereocenters. The van der Waals surface area contributed by atoms with E-state index in [0.717, 1.165) is 0 Å². The van der Waals surface area contributed by atoms with Crippen molar-refractivity contribution in [2.24, 2.45) is 5.92 Å². The molecule has 0 aliphatic rings. The third-order valence-electron chi connectivity index (χ3n) is 2.16. The lowest BCUT2D eigenvalue weighted by atomic mass is 9.94. The molecule has 3 nitrogen and oxygen atoms in total. The van der Waals surface area contributed by atoms with E-state index >= 15 is 0 Å². The third-order valence-corrected chi connectivity index (χ3v) is 2.16. The summed E-state index contributed by atoms with van der Waals surface area (Å²) in [7, 11) is 0. The molecule has 0 spiro atoms. The highest BCUT2D eigenvalue weighted by molar-refractivity contribution is 5.20. The topological polar surface area (TPSA) is 60.7 Å². The molecule has 1 aromatic rings. The van der Waals surface area contributed by atoms with Gasteiger partial charge in [-0.2, -0.15) is 0 Å². The third kappa shape index (κ3) is 2.06. The Kier molecular flexibility index (Phi) is 3.03. The van der Waals surface area contributed by atoms with Crippen molar-refractivity contribution < 1.29 is 15.3 Å². The van der Waals surface area contributed by atoms with Gasteiger partial charge in [-0.15, -0.1) is 0 Å². The van der Waals surface area contributed by atoms with Crippen LogP contribution in [0, 0.1) is 5.92 Å². The van der Waals surface area contributed by atoms with Crippen LogP contribution in [0.15, 0.2) is 30.3 Å². The summed E-state index contributed by atoms with van der Waals surface area (Å²) in [6, 6.07) is 8.47. The second-order valence-corrected chi connectivity index (χ2v) is 3.18. The van der Waals surface area contributed by atoms with Crippen LogP contribution in [0.2, 0.25) is 0 Å². The molecule has 3 N–H and O–H groups in total. The monoisotopic (exact) mass is 182 g/mol. The van der Waals surface area contributed by atoms with Gasteiger partial charge in [0.15, 0.2) is 5.79 Å². The van der Waals surface area contributed by atoms with Crippen molar-refractivity contribution >= 4 is 0 Å². The minimum absolute atomic E-state index is 0.262. The predicted molar refractivity (Wildman–Crippen MR) is 48.8 cm³/mol. The first-order chi connectivity index (χ1) is 6.09. The van der Waals surface area contributed by atoms with Crippen molar-refractivity contribution in [2.75, 3.05) is 6.61 Å². The molecule has 72 valence electrons. The van der Waals surface area contributed by atoms with Gasteiger partial charge in [0.2, 0.25) is 0 Å². The summed E-state index contributed by atoms with van der Waals surface area (Å²) in [5, 5.41) is 28.1. The van der Waals surface area contributed by atoms with E-state index in [9.17, 15) is 10.2 Å². The fourth-order valence-corrected chi connectivity index (χ4v) is 1.10. The molecule has 0 aliphatic heterocycles. The Hall–Kier alpha value is -0.900. The van der Waals surface area contributed by atoms with E-state index in [4.69, 9.17) is 5.11 Å². The van der Waals surface area contributed by atoms with E-state index in [0.29, 0.717) is 5.56 Å². The predicted octanol–water partition coefficient (Wildman–Crippen LogP) is 0.452. The maximum atomic E-state index is 9.65. The van der Waals surface area contributed by atoms with Crippen LogP contribution >= 0.6 is 0 Å². The Morgan fingerprint density at radius 2 is 1.77 bits per heavy atom. The van der Waals surface area contributed by atoms with Crippen molar-refractivity contribution in [3.8, 4) is 0 Å². The summed E-state index contributed by atoms with van der Waals surface area (Å²) in [5.41, 5.74) is 0.400. The van der Waals surface area contributed by atoms with Crippen LogP contribution in [0.25, 0.3) is 0 Å². The second kappa shape index (κ2) is 3.87. The smallest absolute Gasteiger partial charge is 0.194 e. The lowest BCUT2D eigenvalue weighted by Gasteiger charge is -2.27. The van der Waals surface area contributed by atoms with Gasteiger partial charge in [-0.3, -0.25) is 0 Å². The Balaban J connectivity index is 2.93. The van der Waals surface area contributed by atoms with Gasteiger partial charge in [-0.05, 0) is 0 Å². The van der Waals surface area contributed by atoms with Crippen LogP contribution in [0.1, 0.15) is 12.5 Å². The van der Waals surface area contributed by atoms with Gasteiger partial charge in [0.1, 0.15) is 0 Å². The molecule has 13 heavy (non-hydrogen) atoms. The van der Waals surface area contributed by atoms with Crippen LogP contribution in [0.4, 0.5) is 0 Å². The minimum Gasteiger partial charge on any atom is -0.396 e. The Labute approximate surface area is 77.3 Å². The highest BCUT2D eigenvalue weighted by Gasteiger charge is 2.32. The maximum Gasteiger partial charge on any atom is 0.194 e. The number of hydrogen-bond acceptors (Lipinski definition) is 3. The highest BCUT2D eigenvalue weighted by atomic mass is 16.5. The van der Waals surface area contributed by atoms with Crippen molar-refractivity contribution in [1.82, 2.24) is 0 Å². The van der Waals surface area contributed by atoms with Crippen LogP contribution in [0.5, 0.6) is 0 Å². The molecule has 0 heterocycles. The van der Waals surface area contributed by atoms with Crippen LogP contribution in [0.3, 0.4) is 0 Å². The second-order valence-electron chi connectivity index (χ2n) is 3.18. The van der Waals surface area contributed by atoms with Gasteiger partial charge in [0, 0.05) is 11.5 Å². The first-order valence-electron chi connectivity index (χ1n) is 4.20. The van der Waals surface area contributed by atoms with Crippen molar-refractivity contribution in [1.29, 1.82) is 0 Å². The molecule has 0 fully saturated rings. The molecule has 0 aromatic heterocycles. The van der Waals surface area contributed by atoms with Crippen molar-refractivity contribution in [3.05, 3.63) is 35.9 Å². The molecule has 0 saturated heterocycles. The van der Waals surface area contributed by atoms with Gasteiger partial charge in [0.25, 0.3) is 0 Å². The van der Waals surface area contributed by atoms with Crippen LogP contribution in [-0.4, -0.2) is 21.9 Å². The maximum absolute atomic E-state index is 9.65. The number of aliphatic hydroxyl groups is 3. The van der Waals surface area contributed by atoms with Crippen LogP contribution in [-0.2, 0) is 5.79 Å². The number of aliphatic hydroxyl groups excluding tert-OH is 1. The zero-order chi connectivity index (χ0) is 9.90. The van der Waals surface area contributed by atoms with E-state index < -0.39 is 11.7 Å². The number of hydrogen-bond donors (Lipinski definition) is 3. The molecule has 0 aliphatic carbocycles. The van der Waals surface area contributed by atoms with Gasteiger partial charge in [-0.1, -0.05) is 37.3 Å². The fraction of sp³-hybridized carbons (Fsp3) is 0.400. The Morgan fingerprint density at radius 3 is 2.23 bits per heavy atom. The van der Waals surface area contributed by atoms with E-state index in [-0.39, 0.29) is 6.61 Å². The molecule has 0 bridgehead atoms. The fourth-order valence-electron chi connectivity index (χ4n) is 1.10. The lowest BCUT2D eigenvalue weighted by molar-refractivity contribution is -0.212. The molecule has 3 heteroatoms. The molecule has 1 rings (SSSR count). The normalized spacial score (nSPS) is 14.2. The summed E-state index contributed by atoms with van der Waals surface area (Å²) < 4.78 is 0. The minimum atomic E-state index is -1.95. The van der Waals surface area contributed by atoms with E-state index in [1.807, 2.05) is 0 Å². The van der Waals surface area contributed by atoms with Gasteiger partial charge >= 0.3 is 0 Å². The van der Waals surface area contributed by atoms with Gasteiger partial charge in [-0.25, -0.2) is 0 Å². The SMILES string of the molecule is CC(CO)C(O)(O)c1ccccc1. The Morgan fingerprint density at radius 1 is 1.23 bits per heavy atom.